The first kappa shape index (κ1) is 24.0. The van der Waals surface area contributed by atoms with Gasteiger partial charge in [0.05, 0.1) is 0 Å². The molecule has 2 aromatic carbocycles. The van der Waals surface area contributed by atoms with Gasteiger partial charge in [0.15, 0.2) is 5.82 Å². The fourth-order valence-corrected chi connectivity index (χ4v) is 3.91. The molecule has 0 radical (unpaired) electrons. The van der Waals surface area contributed by atoms with Crippen molar-refractivity contribution >= 4 is 23.1 Å². The van der Waals surface area contributed by atoms with Crippen molar-refractivity contribution < 1.29 is 9.32 Å². The van der Waals surface area contributed by atoms with E-state index in [0.29, 0.717) is 28.5 Å². The van der Waals surface area contributed by atoms with Gasteiger partial charge in [-0.05, 0) is 60.2 Å². The molecule has 2 heterocycles. The van der Waals surface area contributed by atoms with Crippen molar-refractivity contribution in [2.24, 2.45) is 7.05 Å². The van der Waals surface area contributed by atoms with Gasteiger partial charge in [0.2, 0.25) is 0 Å². The van der Waals surface area contributed by atoms with Gasteiger partial charge in [-0.1, -0.05) is 50.2 Å². The largest absolute Gasteiger partial charge is 0.360 e. The Morgan fingerprint density at radius 1 is 1.00 bits per heavy atom. The third kappa shape index (κ3) is 5.19. The standard InChI is InChI=1S/C28H30N4O3/c1-17-14-25(31-35-17)29-24-15-20(16-32(6)27(24)34)22-8-7-9-23(18(22)2)30-26(33)19-10-12-21(13-11-19)28(3,4)5/h7-16H,1-6H3,(H,29,31)(H,30,33). The maximum Gasteiger partial charge on any atom is 0.274 e. The van der Waals surface area contributed by atoms with E-state index in [9.17, 15) is 9.59 Å². The van der Waals surface area contributed by atoms with Crippen molar-refractivity contribution in [2.75, 3.05) is 10.6 Å². The Hall–Kier alpha value is -4.13. The quantitative estimate of drug-likeness (QED) is 0.376. The van der Waals surface area contributed by atoms with Crippen LogP contribution in [0.1, 0.15) is 48.0 Å². The Balaban J connectivity index is 1.63. The average molecular weight is 471 g/mol. The highest BCUT2D eigenvalue weighted by atomic mass is 16.5. The third-order valence-electron chi connectivity index (χ3n) is 5.98. The van der Waals surface area contributed by atoms with E-state index in [1.165, 1.54) is 10.1 Å². The van der Waals surface area contributed by atoms with E-state index in [1.807, 2.05) is 49.4 Å². The second-order valence-electron chi connectivity index (χ2n) is 9.77. The molecule has 1 amide bonds. The number of amides is 1. The van der Waals surface area contributed by atoms with Crippen molar-refractivity contribution in [1.29, 1.82) is 0 Å². The Morgan fingerprint density at radius 3 is 2.34 bits per heavy atom. The van der Waals surface area contributed by atoms with Crippen LogP contribution in [0, 0.1) is 13.8 Å². The molecule has 0 fully saturated rings. The van der Waals surface area contributed by atoms with Crippen molar-refractivity contribution in [3.05, 3.63) is 93.6 Å². The number of hydrogen-bond donors (Lipinski definition) is 2. The minimum Gasteiger partial charge on any atom is -0.360 e. The molecule has 4 aromatic rings. The summed E-state index contributed by atoms with van der Waals surface area (Å²) in [6, 6.07) is 16.9. The summed E-state index contributed by atoms with van der Waals surface area (Å²) in [6.07, 6.45) is 1.78. The van der Waals surface area contributed by atoms with Gasteiger partial charge in [0.25, 0.3) is 11.5 Å². The van der Waals surface area contributed by atoms with Gasteiger partial charge in [-0.2, -0.15) is 0 Å². The van der Waals surface area contributed by atoms with Crippen LogP contribution in [0.2, 0.25) is 0 Å². The summed E-state index contributed by atoms with van der Waals surface area (Å²) < 4.78 is 6.61. The molecule has 2 aromatic heterocycles. The lowest BCUT2D eigenvalue weighted by Crippen LogP contribution is -2.19. The molecule has 4 rings (SSSR count). The predicted molar refractivity (Wildman–Crippen MR) is 139 cm³/mol. The summed E-state index contributed by atoms with van der Waals surface area (Å²) in [5.74, 6) is 0.940. The van der Waals surface area contributed by atoms with Gasteiger partial charge < -0.3 is 19.7 Å². The zero-order valence-electron chi connectivity index (χ0n) is 20.9. The topological polar surface area (TPSA) is 89.2 Å². The molecular weight excluding hydrogens is 440 g/mol. The molecule has 0 unspecified atom stereocenters. The van der Waals surface area contributed by atoms with Crippen molar-refractivity contribution in [3.8, 4) is 11.1 Å². The molecule has 0 aliphatic heterocycles. The van der Waals surface area contributed by atoms with Crippen LogP contribution in [-0.4, -0.2) is 15.6 Å². The molecule has 0 saturated heterocycles. The molecule has 0 saturated carbocycles. The van der Waals surface area contributed by atoms with Crippen LogP contribution in [0.4, 0.5) is 17.2 Å². The monoisotopic (exact) mass is 470 g/mol. The maximum atomic E-state index is 13.0. The van der Waals surface area contributed by atoms with Crippen molar-refractivity contribution in [3.63, 3.8) is 0 Å². The minimum atomic E-state index is -0.185. The number of aromatic nitrogens is 2. The third-order valence-corrected chi connectivity index (χ3v) is 5.98. The van der Waals surface area contributed by atoms with Crippen LogP contribution in [0.15, 0.2) is 70.1 Å². The Kier molecular flexibility index (Phi) is 6.35. The highest BCUT2D eigenvalue weighted by Gasteiger charge is 2.16. The minimum absolute atomic E-state index is 0.0237. The summed E-state index contributed by atoms with van der Waals surface area (Å²) in [5, 5.41) is 9.99. The highest BCUT2D eigenvalue weighted by molar-refractivity contribution is 6.05. The first-order valence-corrected chi connectivity index (χ1v) is 11.5. The second kappa shape index (κ2) is 9.25. The Morgan fingerprint density at radius 2 is 1.71 bits per heavy atom. The summed E-state index contributed by atoms with van der Waals surface area (Å²) in [6.45, 7) is 10.2. The van der Waals surface area contributed by atoms with Crippen molar-refractivity contribution in [1.82, 2.24) is 9.72 Å². The van der Waals surface area contributed by atoms with Crippen LogP contribution in [0.3, 0.4) is 0 Å². The number of rotatable bonds is 5. The molecule has 7 nitrogen and oxygen atoms in total. The van der Waals surface area contributed by atoms with Crippen molar-refractivity contribution in [2.45, 2.75) is 40.0 Å². The fourth-order valence-electron chi connectivity index (χ4n) is 3.91. The lowest BCUT2D eigenvalue weighted by Gasteiger charge is -2.19. The molecule has 35 heavy (non-hydrogen) atoms. The molecule has 180 valence electrons. The molecule has 7 heteroatoms. The summed E-state index contributed by atoms with van der Waals surface area (Å²) in [4.78, 5) is 25.6. The number of carbonyl (C=O) groups excluding carboxylic acids is 1. The number of hydrogen-bond acceptors (Lipinski definition) is 5. The predicted octanol–water partition coefficient (Wildman–Crippen LogP) is 5.95. The van der Waals surface area contributed by atoms with E-state index in [-0.39, 0.29) is 16.9 Å². The number of nitrogens with one attached hydrogen (secondary N) is 2. The average Bonchev–Trinajstić information content (AvgIpc) is 3.22. The van der Waals surface area contributed by atoms with Gasteiger partial charge in [0.1, 0.15) is 11.4 Å². The lowest BCUT2D eigenvalue weighted by molar-refractivity contribution is 0.102. The Bertz CT molecular complexity index is 1440. The number of nitrogens with zero attached hydrogens (tertiary/aromatic N) is 2. The lowest BCUT2D eigenvalue weighted by atomic mass is 9.86. The maximum absolute atomic E-state index is 13.0. The SMILES string of the molecule is Cc1cc(Nc2cc(-c3cccc(NC(=O)c4ccc(C(C)(C)C)cc4)c3C)cn(C)c2=O)no1. The van der Waals surface area contributed by atoms with E-state index < -0.39 is 0 Å². The van der Waals surface area contributed by atoms with E-state index in [0.717, 1.165) is 16.7 Å². The second-order valence-corrected chi connectivity index (χ2v) is 9.77. The molecule has 0 spiro atoms. The molecule has 2 N–H and O–H groups in total. The molecule has 0 atom stereocenters. The molecular formula is C28H30N4O3. The highest BCUT2D eigenvalue weighted by Crippen LogP contribution is 2.30. The smallest absolute Gasteiger partial charge is 0.274 e. The van der Waals surface area contributed by atoms with Gasteiger partial charge in [-0.25, -0.2) is 0 Å². The first-order valence-electron chi connectivity index (χ1n) is 11.5. The van der Waals surface area contributed by atoms with Crippen LogP contribution >= 0.6 is 0 Å². The molecule has 0 aliphatic carbocycles. The number of aryl methyl sites for hydroxylation is 2. The zero-order chi connectivity index (χ0) is 25.3. The van der Waals surface area contributed by atoms with Gasteiger partial charge >= 0.3 is 0 Å². The fraction of sp³-hybridized carbons (Fsp3) is 0.250. The van der Waals surface area contributed by atoms with E-state index >= 15 is 0 Å². The Labute approximate surface area is 204 Å². The zero-order valence-corrected chi connectivity index (χ0v) is 20.9. The van der Waals surface area contributed by atoms with Gasteiger partial charge in [0, 0.05) is 36.1 Å². The number of benzene rings is 2. The van der Waals surface area contributed by atoms with E-state index in [4.69, 9.17) is 4.52 Å². The normalized spacial score (nSPS) is 11.4. The van der Waals surface area contributed by atoms with Crippen LogP contribution < -0.4 is 16.2 Å². The number of carbonyl (C=O) groups is 1. The molecule has 0 bridgehead atoms. The number of anilines is 3. The van der Waals surface area contributed by atoms with E-state index in [2.05, 4.69) is 36.6 Å². The van der Waals surface area contributed by atoms with Crippen LogP contribution in [-0.2, 0) is 12.5 Å². The first-order chi connectivity index (χ1) is 16.5. The van der Waals surface area contributed by atoms with Crippen LogP contribution in [0.25, 0.3) is 11.1 Å². The summed E-state index contributed by atoms with van der Waals surface area (Å²) >= 11 is 0. The summed E-state index contributed by atoms with van der Waals surface area (Å²) in [5.41, 5.74) is 5.33. The summed E-state index contributed by atoms with van der Waals surface area (Å²) in [7, 11) is 1.70. The van der Waals surface area contributed by atoms with Gasteiger partial charge in [-0.15, -0.1) is 0 Å². The number of pyridine rings is 1. The van der Waals surface area contributed by atoms with Gasteiger partial charge in [-0.3, -0.25) is 9.59 Å². The molecule has 0 aliphatic rings. The van der Waals surface area contributed by atoms with Crippen LogP contribution in [0.5, 0.6) is 0 Å². The van der Waals surface area contributed by atoms with E-state index in [1.54, 1.807) is 32.3 Å².